The second-order valence-electron chi connectivity index (χ2n) is 4.59. The van der Waals surface area contributed by atoms with Gasteiger partial charge in [-0.15, -0.1) is 11.3 Å². The van der Waals surface area contributed by atoms with Crippen LogP contribution in [0.3, 0.4) is 0 Å². The highest BCUT2D eigenvalue weighted by Gasteiger charge is 2.03. The topological polar surface area (TPSA) is 17.0 Å². The third kappa shape index (κ3) is 3.17. The number of halogens is 2. The number of hydrogen-bond donors (Lipinski definition) is 1. The number of benzene rings is 1. The molecule has 0 atom stereocenters. The molecule has 0 aliphatic rings. The molecule has 0 unspecified atom stereocenters. The summed E-state index contributed by atoms with van der Waals surface area (Å²) in [5, 5.41) is 6.88. The Hall–Kier alpha value is -0.620. The molecule has 0 amide bonds. The number of fused-ring (bicyclic) bond motifs is 1. The summed E-state index contributed by atoms with van der Waals surface area (Å²) >= 11 is 8.85. The summed E-state index contributed by atoms with van der Waals surface area (Å²) in [5.74, 6) is 0. The van der Waals surface area contributed by atoms with E-state index in [2.05, 4.69) is 83.7 Å². The Morgan fingerprint density at radius 1 is 1.20 bits per heavy atom. The smallest absolute Gasteiger partial charge is 0.0492 e. The van der Waals surface area contributed by atoms with Crippen molar-refractivity contribution >= 4 is 54.1 Å². The van der Waals surface area contributed by atoms with E-state index in [1.807, 2.05) is 0 Å². The van der Waals surface area contributed by atoms with Gasteiger partial charge in [-0.1, -0.05) is 22.0 Å². The first kappa shape index (κ1) is 14.3. The molecule has 3 rings (SSSR count). The second kappa shape index (κ2) is 6.43. The Morgan fingerprint density at radius 3 is 2.90 bits per heavy atom. The Labute approximate surface area is 139 Å². The molecule has 2 aromatic heterocycles. The van der Waals surface area contributed by atoms with Gasteiger partial charge in [0.15, 0.2) is 0 Å². The third-order valence-electron chi connectivity index (χ3n) is 3.21. The van der Waals surface area contributed by atoms with Crippen molar-refractivity contribution in [3.8, 4) is 0 Å². The first-order valence-electron chi connectivity index (χ1n) is 6.41. The molecule has 0 saturated carbocycles. The zero-order valence-corrected chi connectivity index (χ0v) is 14.8. The van der Waals surface area contributed by atoms with Crippen LogP contribution in [0.5, 0.6) is 0 Å². The molecule has 1 aromatic carbocycles. The van der Waals surface area contributed by atoms with Crippen molar-refractivity contribution in [3.63, 3.8) is 0 Å². The summed E-state index contributed by atoms with van der Waals surface area (Å²) in [7, 11) is 0. The summed E-state index contributed by atoms with van der Waals surface area (Å²) in [6.07, 6.45) is 2.15. The largest absolute Gasteiger partial charge is 0.346 e. The van der Waals surface area contributed by atoms with E-state index < -0.39 is 0 Å². The molecule has 2 nitrogen and oxygen atoms in total. The molecular weight excluding hydrogens is 400 g/mol. The summed E-state index contributed by atoms with van der Waals surface area (Å²) in [6.45, 7) is 2.87. The van der Waals surface area contributed by atoms with Gasteiger partial charge in [0.2, 0.25) is 0 Å². The predicted molar refractivity (Wildman–Crippen MR) is 93.4 cm³/mol. The monoisotopic (exact) mass is 412 g/mol. The minimum atomic E-state index is 0.930. The van der Waals surface area contributed by atoms with Gasteiger partial charge in [0.25, 0.3) is 0 Å². The molecule has 0 aliphatic carbocycles. The van der Waals surface area contributed by atoms with Crippen molar-refractivity contribution in [2.75, 3.05) is 6.54 Å². The van der Waals surface area contributed by atoms with E-state index in [0.717, 1.165) is 24.1 Å². The molecule has 104 valence electrons. The fraction of sp³-hybridized carbons (Fsp3) is 0.200. The van der Waals surface area contributed by atoms with Crippen LogP contribution in [0.4, 0.5) is 0 Å². The van der Waals surface area contributed by atoms with Gasteiger partial charge in [0.05, 0.1) is 0 Å². The van der Waals surface area contributed by atoms with E-state index in [1.54, 1.807) is 11.3 Å². The van der Waals surface area contributed by atoms with Gasteiger partial charge in [-0.2, -0.15) is 0 Å². The van der Waals surface area contributed by atoms with E-state index in [1.165, 1.54) is 20.3 Å². The third-order valence-corrected chi connectivity index (χ3v) is 5.60. The summed E-state index contributed by atoms with van der Waals surface area (Å²) in [5.41, 5.74) is 1.28. The Kier molecular flexibility index (Phi) is 4.61. The molecule has 2 heterocycles. The van der Waals surface area contributed by atoms with Gasteiger partial charge < -0.3 is 9.88 Å². The van der Waals surface area contributed by atoms with Crippen molar-refractivity contribution in [2.45, 2.75) is 13.1 Å². The maximum Gasteiger partial charge on any atom is 0.0492 e. The quantitative estimate of drug-likeness (QED) is 0.581. The SMILES string of the molecule is Brc1csc(CNCCn2ccc3c(Br)cccc32)c1. The maximum absolute atomic E-state index is 3.59. The van der Waals surface area contributed by atoms with Crippen LogP contribution in [0.25, 0.3) is 10.9 Å². The molecule has 5 heteroatoms. The lowest BCUT2D eigenvalue weighted by molar-refractivity contribution is 0.613. The Morgan fingerprint density at radius 2 is 2.10 bits per heavy atom. The standard InChI is InChI=1S/C15H14Br2N2S/c16-11-8-12(20-10-11)9-18-5-7-19-6-4-13-14(17)2-1-3-15(13)19/h1-4,6,8,10,18H,5,7,9H2. The van der Waals surface area contributed by atoms with Crippen LogP contribution in [-0.4, -0.2) is 11.1 Å². The normalized spacial score (nSPS) is 11.3. The number of nitrogens with one attached hydrogen (secondary N) is 1. The highest BCUT2D eigenvalue weighted by atomic mass is 79.9. The number of nitrogens with zero attached hydrogens (tertiary/aromatic N) is 1. The van der Waals surface area contributed by atoms with Crippen LogP contribution in [0.15, 0.2) is 50.9 Å². The van der Waals surface area contributed by atoms with E-state index in [0.29, 0.717) is 0 Å². The summed E-state index contributed by atoms with van der Waals surface area (Å²) < 4.78 is 4.61. The first-order chi connectivity index (χ1) is 9.74. The van der Waals surface area contributed by atoms with Crippen LogP contribution < -0.4 is 5.32 Å². The van der Waals surface area contributed by atoms with Crippen molar-refractivity contribution in [1.82, 2.24) is 9.88 Å². The summed E-state index contributed by atoms with van der Waals surface area (Å²) in [6, 6.07) is 10.7. The highest BCUT2D eigenvalue weighted by molar-refractivity contribution is 9.11. The van der Waals surface area contributed by atoms with Crippen LogP contribution in [0.2, 0.25) is 0 Å². The molecule has 0 aliphatic heterocycles. The zero-order chi connectivity index (χ0) is 13.9. The van der Waals surface area contributed by atoms with E-state index in [9.17, 15) is 0 Å². The van der Waals surface area contributed by atoms with Gasteiger partial charge in [-0.3, -0.25) is 0 Å². The van der Waals surface area contributed by atoms with E-state index >= 15 is 0 Å². The highest BCUT2D eigenvalue weighted by Crippen LogP contribution is 2.24. The van der Waals surface area contributed by atoms with Crippen LogP contribution in [-0.2, 0) is 13.1 Å². The molecule has 0 bridgehead atoms. The van der Waals surface area contributed by atoms with Gasteiger partial charge in [-0.25, -0.2) is 0 Å². The predicted octanol–water partition coefficient (Wildman–Crippen LogP) is 5.02. The molecule has 0 spiro atoms. The maximum atomic E-state index is 3.59. The lowest BCUT2D eigenvalue weighted by Crippen LogP contribution is -2.18. The van der Waals surface area contributed by atoms with Crippen molar-refractivity contribution in [2.24, 2.45) is 0 Å². The lowest BCUT2D eigenvalue weighted by Gasteiger charge is -2.07. The number of aromatic nitrogens is 1. The molecule has 0 fully saturated rings. The average Bonchev–Trinajstić information content (AvgIpc) is 3.02. The molecule has 3 aromatic rings. The van der Waals surface area contributed by atoms with Crippen LogP contribution in [0, 0.1) is 0 Å². The number of hydrogen-bond acceptors (Lipinski definition) is 2. The zero-order valence-electron chi connectivity index (χ0n) is 10.8. The van der Waals surface area contributed by atoms with Gasteiger partial charge in [-0.05, 0) is 40.2 Å². The first-order valence-corrected chi connectivity index (χ1v) is 8.87. The Balaban J connectivity index is 1.59. The fourth-order valence-electron chi connectivity index (χ4n) is 2.24. The second-order valence-corrected chi connectivity index (χ2v) is 7.36. The van der Waals surface area contributed by atoms with Gasteiger partial charge >= 0.3 is 0 Å². The van der Waals surface area contributed by atoms with Crippen LogP contribution in [0.1, 0.15) is 4.88 Å². The lowest BCUT2D eigenvalue weighted by atomic mass is 10.2. The van der Waals surface area contributed by atoms with E-state index in [-0.39, 0.29) is 0 Å². The van der Waals surface area contributed by atoms with Crippen molar-refractivity contribution in [1.29, 1.82) is 0 Å². The number of thiophene rings is 1. The van der Waals surface area contributed by atoms with E-state index in [4.69, 9.17) is 0 Å². The molecule has 0 radical (unpaired) electrons. The minimum absolute atomic E-state index is 0.930. The fourth-order valence-corrected chi connectivity index (χ4v) is 4.15. The molecule has 0 saturated heterocycles. The summed E-state index contributed by atoms with van der Waals surface area (Å²) in [4.78, 5) is 1.36. The van der Waals surface area contributed by atoms with Gasteiger partial charge in [0, 0.05) is 55.9 Å². The van der Waals surface area contributed by atoms with Gasteiger partial charge in [0.1, 0.15) is 0 Å². The Bertz CT molecular complexity index is 718. The van der Waals surface area contributed by atoms with Crippen molar-refractivity contribution in [3.05, 3.63) is 55.7 Å². The van der Waals surface area contributed by atoms with Crippen LogP contribution >= 0.6 is 43.2 Å². The van der Waals surface area contributed by atoms with Crippen molar-refractivity contribution < 1.29 is 0 Å². The average molecular weight is 414 g/mol. The molecule has 1 N–H and O–H groups in total. The molecule has 20 heavy (non-hydrogen) atoms. The number of rotatable bonds is 5. The minimum Gasteiger partial charge on any atom is -0.346 e. The molecular formula is C15H14Br2N2S.